The van der Waals surface area contributed by atoms with Gasteiger partial charge in [-0.25, -0.2) is 0 Å². The van der Waals surface area contributed by atoms with E-state index < -0.39 is 6.04 Å². The fourth-order valence-electron chi connectivity index (χ4n) is 4.99. The standard InChI is InChI=1S/C31H28ClN3O3/c1-2-33-30(37)27(18-21-8-4-3-5-9-21)34(19-22-14-16-24(32)17-15-22)28(36)20-35-26-13-7-11-23-10-6-12-25(29(23)26)31(35)38/h3-17,27H,2,18-20H2,1H3,(H,33,37)/t27-/m1/s1. The summed E-state index contributed by atoms with van der Waals surface area (Å²) < 4.78 is 0. The second-order valence-electron chi connectivity index (χ2n) is 9.32. The summed E-state index contributed by atoms with van der Waals surface area (Å²) in [6.45, 7) is 2.31. The van der Waals surface area contributed by atoms with E-state index in [2.05, 4.69) is 5.32 Å². The van der Waals surface area contributed by atoms with Gasteiger partial charge < -0.3 is 10.2 Å². The summed E-state index contributed by atoms with van der Waals surface area (Å²) in [7, 11) is 0. The highest BCUT2D eigenvalue weighted by molar-refractivity contribution is 6.30. The average molecular weight is 526 g/mol. The molecule has 0 radical (unpaired) electrons. The van der Waals surface area contributed by atoms with Gasteiger partial charge in [0.05, 0.1) is 5.69 Å². The summed E-state index contributed by atoms with van der Waals surface area (Å²) in [6.07, 6.45) is 0.343. The van der Waals surface area contributed by atoms with Gasteiger partial charge in [0, 0.05) is 35.5 Å². The highest BCUT2D eigenvalue weighted by Gasteiger charge is 2.35. The molecule has 0 spiro atoms. The third-order valence-corrected chi connectivity index (χ3v) is 7.08. The van der Waals surface area contributed by atoms with Crippen LogP contribution in [0.4, 0.5) is 5.69 Å². The van der Waals surface area contributed by atoms with Crippen molar-refractivity contribution in [3.8, 4) is 0 Å². The summed E-state index contributed by atoms with van der Waals surface area (Å²) in [4.78, 5) is 43.9. The zero-order chi connectivity index (χ0) is 26.6. The lowest BCUT2D eigenvalue weighted by Crippen LogP contribution is -2.53. The largest absolute Gasteiger partial charge is 0.355 e. The summed E-state index contributed by atoms with van der Waals surface area (Å²) in [6, 6.07) is 27.4. The van der Waals surface area contributed by atoms with Crippen molar-refractivity contribution in [2.24, 2.45) is 0 Å². The van der Waals surface area contributed by atoms with Crippen LogP contribution in [0.15, 0.2) is 91.0 Å². The maximum absolute atomic E-state index is 14.1. The molecule has 0 fully saturated rings. The van der Waals surface area contributed by atoms with Gasteiger partial charge in [0.15, 0.2) is 0 Å². The molecule has 38 heavy (non-hydrogen) atoms. The normalized spacial score (nSPS) is 13.0. The molecule has 1 aliphatic heterocycles. The number of hydrogen-bond acceptors (Lipinski definition) is 3. The van der Waals surface area contributed by atoms with Crippen molar-refractivity contribution in [2.45, 2.75) is 25.9 Å². The molecule has 0 aromatic heterocycles. The molecule has 5 rings (SSSR count). The van der Waals surface area contributed by atoms with Crippen LogP contribution in [-0.2, 0) is 22.6 Å². The van der Waals surface area contributed by atoms with Crippen molar-refractivity contribution in [2.75, 3.05) is 18.0 Å². The number of hydrogen-bond donors (Lipinski definition) is 1. The number of likely N-dealkylation sites (N-methyl/N-ethyl adjacent to an activating group) is 1. The van der Waals surface area contributed by atoms with Crippen molar-refractivity contribution >= 4 is 45.8 Å². The molecule has 0 bridgehead atoms. The topological polar surface area (TPSA) is 69.7 Å². The Labute approximate surface area is 226 Å². The molecular formula is C31H28ClN3O3. The number of nitrogens with one attached hydrogen (secondary N) is 1. The van der Waals surface area contributed by atoms with E-state index in [1.54, 1.807) is 23.1 Å². The number of amides is 3. The first kappa shape index (κ1) is 25.5. The van der Waals surface area contributed by atoms with Gasteiger partial charge in [-0.2, -0.15) is 0 Å². The number of carbonyl (C=O) groups excluding carboxylic acids is 3. The first-order valence-corrected chi connectivity index (χ1v) is 13.0. The van der Waals surface area contributed by atoms with E-state index in [9.17, 15) is 14.4 Å². The van der Waals surface area contributed by atoms with Gasteiger partial charge in [0.1, 0.15) is 12.6 Å². The molecule has 0 unspecified atom stereocenters. The lowest BCUT2D eigenvalue weighted by Gasteiger charge is -2.33. The monoisotopic (exact) mass is 525 g/mol. The van der Waals surface area contributed by atoms with Crippen molar-refractivity contribution in [3.63, 3.8) is 0 Å². The van der Waals surface area contributed by atoms with E-state index in [-0.39, 0.29) is 30.8 Å². The second kappa shape index (κ2) is 11.1. The van der Waals surface area contributed by atoms with Crippen LogP contribution < -0.4 is 10.2 Å². The van der Waals surface area contributed by atoms with Crippen molar-refractivity contribution < 1.29 is 14.4 Å². The molecule has 4 aromatic carbocycles. The second-order valence-corrected chi connectivity index (χ2v) is 9.76. The third-order valence-electron chi connectivity index (χ3n) is 6.83. The molecule has 6 nitrogen and oxygen atoms in total. The number of nitrogens with zero attached hydrogens (tertiary/aromatic N) is 2. The Morgan fingerprint density at radius 3 is 2.32 bits per heavy atom. The summed E-state index contributed by atoms with van der Waals surface area (Å²) in [5.74, 6) is -0.767. The molecule has 0 saturated carbocycles. The highest BCUT2D eigenvalue weighted by Crippen LogP contribution is 2.37. The predicted molar refractivity (Wildman–Crippen MR) is 150 cm³/mol. The van der Waals surface area contributed by atoms with Crippen LogP contribution in [0, 0.1) is 0 Å². The Balaban J connectivity index is 1.50. The molecule has 0 saturated heterocycles. The van der Waals surface area contributed by atoms with Crippen LogP contribution in [-0.4, -0.2) is 41.8 Å². The quantitative estimate of drug-likeness (QED) is 0.325. The number of anilines is 1. The molecule has 1 atom stereocenters. The first-order chi connectivity index (χ1) is 18.5. The molecule has 3 amide bonds. The number of halogens is 1. The Bertz CT molecular complexity index is 1480. The molecule has 1 aliphatic rings. The summed E-state index contributed by atoms with van der Waals surface area (Å²) >= 11 is 6.10. The molecular weight excluding hydrogens is 498 g/mol. The van der Waals surface area contributed by atoms with Crippen LogP contribution in [0.3, 0.4) is 0 Å². The van der Waals surface area contributed by atoms with E-state index in [1.165, 1.54) is 4.90 Å². The van der Waals surface area contributed by atoms with Gasteiger partial charge in [0.2, 0.25) is 11.8 Å². The van der Waals surface area contributed by atoms with E-state index in [1.807, 2.05) is 79.7 Å². The van der Waals surface area contributed by atoms with Gasteiger partial charge in [-0.1, -0.05) is 78.3 Å². The minimum atomic E-state index is -0.767. The number of rotatable bonds is 9. The Kier molecular flexibility index (Phi) is 7.43. The zero-order valence-corrected chi connectivity index (χ0v) is 21.8. The smallest absolute Gasteiger partial charge is 0.259 e. The molecule has 192 valence electrons. The molecule has 1 heterocycles. The van der Waals surface area contributed by atoms with E-state index in [0.29, 0.717) is 29.2 Å². The van der Waals surface area contributed by atoms with Crippen LogP contribution >= 0.6 is 11.6 Å². The van der Waals surface area contributed by atoms with Gasteiger partial charge >= 0.3 is 0 Å². The molecule has 4 aromatic rings. The third kappa shape index (κ3) is 5.13. The Morgan fingerprint density at radius 1 is 0.895 bits per heavy atom. The first-order valence-electron chi connectivity index (χ1n) is 12.7. The van der Waals surface area contributed by atoms with Gasteiger partial charge in [0.25, 0.3) is 5.91 Å². The lowest BCUT2D eigenvalue weighted by molar-refractivity contribution is -0.140. The molecule has 1 N–H and O–H groups in total. The number of carbonyl (C=O) groups is 3. The van der Waals surface area contributed by atoms with Crippen LogP contribution in [0.5, 0.6) is 0 Å². The van der Waals surface area contributed by atoms with E-state index in [4.69, 9.17) is 11.6 Å². The average Bonchev–Trinajstić information content (AvgIpc) is 3.20. The maximum Gasteiger partial charge on any atom is 0.259 e. The number of benzene rings is 4. The SMILES string of the molecule is CCNC(=O)[C@@H](Cc1ccccc1)N(Cc1ccc(Cl)cc1)C(=O)CN1C(=O)c2cccc3cccc1c23. The lowest BCUT2D eigenvalue weighted by atomic mass is 10.0. The van der Waals surface area contributed by atoms with Crippen LogP contribution in [0.1, 0.15) is 28.4 Å². The Morgan fingerprint density at radius 2 is 1.61 bits per heavy atom. The minimum Gasteiger partial charge on any atom is -0.355 e. The predicted octanol–water partition coefficient (Wildman–Crippen LogP) is 5.23. The fourth-order valence-corrected chi connectivity index (χ4v) is 5.12. The highest BCUT2D eigenvalue weighted by atomic mass is 35.5. The van der Waals surface area contributed by atoms with Gasteiger partial charge in [-0.05, 0) is 47.7 Å². The van der Waals surface area contributed by atoms with Crippen LogP contribution in [0.2, 0.25) is 5.02 Å². The van der Waals surface area contributed by atoms with Crippen molar-refractivity contribution in [3.05, 3.63) is 113 Å². The maximum atomic E-state index is 14.1. The Hall–Kier alpha value is -4.16. The van der Waals surface area contributed by atoms with E-state index in [0.717, 1.165) is 21.9 Å². The molecule has 0 aliphatic carbocycles. The van der Waals surface area contributed by atoms with E-state index >= 15 is 0 Å². The fraction of sp³-hybridized carbons (Fsp3) is 0.194. The minimum absolute atomic E-state index is 0.176. The van der Waals surface area contributed by atoms with Crippen LogP contribution in [0.25, 0.3) is 10.8 Å². The van der Waals surface area contributed by atoms with Gasteiger partial charge in [-0.15, -0.1) is 0 Å². The van der Waals surface area contributed by atoms with Gasteiger partial charge in [-0.3, -0.25) is 19.3 Å². The zero-order valence-electron chi connectivity index (χ0n) is 21.1. The van der Waals surface area contributed by atoms with Crippen molar-refractivity contribution in [1.29, 1.82) is 0 Å². The summed E-state index contributed by atoms with van der Waals surface area (Å²) in [5.41, 5.74) is 3.07. The molecule has 7 heteroatoms. The summed E-state index contributed by atoms with van der Waals surface area (Å²) in [5, 5.41) is 5.28. The van der Waals surface area contributed by atoms with Crippen molar-refractivity contribution in [1.82, 2.24) is 10.2 Å².